The maximum absolute atomic E-state index is 9.66. The lowest BCUT2D eigenvalue weighted by Gasteiger charge is -2.39. The van der Waals surface area contributed by atoms with E-state index in [0.717, 1.165) is 25.3 Å². The Morgan fingerprint density at radius 3 is 2.71 bits per heavy atom. The molecule has 2 N–H and O–H groups in total. The van der Waals surface area contributed by atoms with Crippen LogP contribution in [0.25, 0.3) is 0 Å². The van der Waals surface area contributed by atoms with E-state index in [1.807, 2.05) is 0 Å². The Balaban J connectivity index is 1.94. The maximum atomic E-state index is 9.66. The molecule has 0 radical (unpaired) electrons. The fourth-order valence-electron chi connectivity index (χ4n) is 2.66. The third kappa shape index (κ3) is 2.90. The molecule has 1 aliphatic carbocycles. The standard InChI is InChI=1S/C14H24N2O/c1-12-5-7-14(11-17,8-6-12)15-10-13-4-3-9-16(13)2/h3-4,9,12,15,17H,5-8,10-11H2,1-2H3. The van der Waals surface area contributed by atoms with Crippen molar-refractivity contribution in [3.05, 3.63) is 24.0 Å². The van der Waals surface area contributed by atoms with E-state index < -0.39 is 0 Å². The highest BCUT2D eigenvalue weighted by Gasteiger charge is 2.32. The van der Waals surface area contributed by atoms with E-state index in [9.17, 15) is 5.11 Å². The van der Waals surface area contributed by atoms with E-state index in [0.29, 0.717) is 0 Å². The van der Waals surface area contributed by atoms with Crippen molar-refractivity contribution in [2.45, 2.75) is 44.7 Å². The molecule has 0 aliphatic heterocycles. The van der Waals surface area contributed by atoms with Crippen LogP contribution in [0.15, 0.2) is 18.3 Å². The van der Waals surface area contributed by atoms with E-state index in [2.05, 4.69) is 42.2 Å². The fourth-order valence-corrected chi connectivity index (χ4v) is 2.66. The molecule has 1 aromatic heterocycles. The maximum Gasteiger partial charge on any atom is 0.0613 e. The zero-order valence-electron chi connectivity index (χ0n) is 10.9. The number of nitrogens with zero attached hydrogens (tertiary/aromatic N) is 1. The van der Waals surface area contributed by atoms with Crippen LogP contribution in [0.5, 0.6) is 0 Å². The predicted molar refractivity (Wildman–Crippen MR) is 69.7 cm³/mol. The second-order valence-corrected chi connectivity index (χ2v) is 5.58. The van der Waals surface area contributed by atoms with Gasteiger partial charge in [0.05, 0.1) is 6.61 Å². The number of aromatic nitrogens is 1. The molecule has 0 bridgehead atoms. The summed E-state index contributed by atoms with van der Waals surface area (Å²) >= 11 is 0. The van der Waals surface area contributed by atoms with Crippen LogP contribution >= 0.6 is 0 Å². The first-order valence-electron chi connectivity index (χ1n) is 6.61. The number of hydrogen-bond acceptors (Lipinski definition) is 2. The molecule has 1 saturated carbocycles. The topological polar surface area (TPSA) is 37.2 Å². The van der Waals surface area contributed by atoms with Crippen molar-refractivity contribution >= 4 is 0 Å². The normalized spacial score (nSPS) is 29.5. The Morgan fingerprint density at radius 1 is 1.47 bits per heavy atom. The zero-order chi connectivity index (χ0) is 12.3. The molecule has 1 fully saturated rings. The van der Waals surface area contributed by atoms with E-state index >= 15 is 0 Å². The molecule has 0 atom stereocenters. The molecule has 0 unspecified atom stereocenters. The number of nitrogens with one attached hydrogen (secondary N) is 1. The van der Waals surface area contributed by atoms with Crippen LogP contribution in [0.3, 0.4) is 0 Å². The first kappa shape index (κ1) is 12.7. The molecular weight excluding hydrogens is 212 g/mol. The SMILES string of the molecule is CC1CCC(CO)(NCc2cccn2C)CC1. The van der Waals surface area contributed by atoms with Gasteiger partial charge in [0.25, 0.3) is 0 Å². The molecule has 17 heavy (non-hydrogen) atoms. The van der Waals surface area contributed by atoms with Gasteiger partial charge in [0.1, 0.15) is 0 Å². The molecule has 1 aliphatic rings. The van der Waals surface area contributed by atoms with Crippen LogP contribution in [0.2, 0.25) is 0 Å². The molecule has 1 heterocycles. The summed E-state index contributed by atoms with van der Waals surface area (Å²) < 4.78 is 2.13. The molecule has 0 saturated heterocycles. The second-order valence-electron chi connectivity index (χ2n) is 5.58. The van der Waals surface area contributed by atoms with Crippen molar-refractivity contribution in [1.82, 2.24) is 9.88 Å². The Kier molecular flexibility index (Phi) is 3.89. The van der Waals surface area contributed by atoms with Crippen LogP contribution in [-0.4, -0.2) is 21.8 Å². The molecule has 3 nitrogen and oxygen atoms in total. The van der Waals surface area contributed by atoms with Crippen molar-refractivity contribution < 1.29 is 5.11 Å². The van der Waals surface area contributed by atoms with Crippen molar-refractivity contribution in [2.24, 2.45) is 13.0 Å². The number of aryl methyl sites for hydroxylation is 1. The number of aliphatic hydroxyl groups excluding tert-OH is 1. The van der Waals surface area contributed by atoms with Crippen molar-refractivity contribution in [3.63, 3.8) is 0 Å². The van der Waals surface area contributed by atoms with E-state index in [-0.39, 0.29) is 12.1 Å². The largest absolute Gasteiger partial charge is 0.394 e. The first-order valence-corrected chi connectivity index (χ1v) is 6.61. The Labute approximate surface area is 104 Å². The summed E-state index contributed by atoms with van der Waals surface area (Å²) in [6.45, 7) is 3.40. The van der Waals surface area contributed by atoms with Crippen molar-refractivity contribution in [1.29, 1.82) is 0 Å². The minimum Gasteiger partial charge on any atom is -0.394 e. The van der Waals surface area contributed by atoms with Gasteiger partial charge < -0.3 is 15.0 Å². The van der Waals surface area contributed by atoms with Gasteiger partial charge in [0.2, 0.25) is 0 Å². The predicted octanol–water partition coefficient (Wildman–Crippen LogP) is 2.06. The lowest BCUT2D eigenvalue weighted by atomic mass is 9.77. The summed E-state index contributed by atoms with van der Waals surface area (Å²) in [4.78, 5) is 0. The van der Waals surface area contributed by atoms with Crippen molar-refractivity contribution in [3.8, 4) is 0 Å². The number of aliphatic hydroxyl groups is 1. The highest BCUT2D eigenvalue weighted by Crippen LogP contribution is 2.31. The van der Waals surface area contributed by atoms with E-state index in [4.69, 9.17) is 0 Å². The summed E-state index contributed by atoms with van der Waals surface area (Å²) in [5.74, 6) is 0.812. The molecule has 0 amide bonds. The monoisotopic (exact) mass is 236 g/mol. The average Bonchev–Trinajstić information content (AvgIpc) is 2.75. The molecule has 3 heteroatoms. The number of hydrogen-bond donors (Lipinski definition) is 2. The van der Waals surface area contributed by atoms with Crippen LogP contribution in [0.1, 0.15) is 38.3 Å². The van der Waals surface area contributed by atoms with Gasteiger partial charge in [0.15, 0.2) is 0 Å². The highest BCUT2D eigenvalue weighted by molar-refractivity contribution is 5.07. The van der Waals surface area contributed by atoms with Gasteiger partial charge in [-0.1, -0.05) is 6.92 Å². The molecule has 2 rings (SSSR count). The summed E-state index contributed by atoms with van der Waals surface area (Å²) in [6, 6.07) is 4.19. The van der Waals surface area contributed by atoms with Gasteiger partial charge in [-0.2, -0.15) is 0 Å². The van der Waals surface area contributed by atoms with Crippen LogP contribution in [-0.2, 0) is 13.6 Å². The van der Waals surface area contributed by atoms with Gasteiger partial charge in [-0.25, -0.2) is 0 Å². The third-order valence-corrected chi connectivity index (χ3v) is 4.23. The Hall–Kier alpha value is -0.800. The summed E-state index contributed by atoms with van der Waals surface area (Å²) in [5, 5.41) is 13.2. The Bertz CT molecular complexity index is 351. The first-order chi connectivity index (χ1) is 8.15. The van der Waals surface area contributed by atoms with Crippen molar-refractivity contribution in [2.75, 3.05) is 6.61 Å². The smallest absolute Gasteiger partial charge is 0.0613 e. The lowest BCUT2D eigenvalue weighted by Crippen LogP contribution is -2.50. The molecule has 1 aromatic rings. The summed E-state index contributed by atoms with van der Waals surface area (Å²) in [5.41, 5.74) is 1.23. The van der Waals surface area contributed by atoms with Gasteiger partial charge in [-0.15, -0.1) is 0 Å². The highest BCUT2D eigenvalue weighted by atomic mass is 16.3. The van der Waals surface area contributed by atoms with Gasteiger partial charge >= 0.3 is 0 Å². The molecular formula is C14H24N2O. The molecule has 96 valence electrons. The van der Waals surface area contributed by atoms with Gasteiger partial charge in [-0.3, -0.25) is 0 Å². The van der Waals surface area contributed by atoms with Gasteiger partial charge in [-0.05, 0) is 43.7 Å². The average molecular weight is 236 g/mol. The molecule has 0 spiro atoms. The minimum absolute atomic E-state index is 0.0449. The lowest BCUT2D eigenvalue weighted by molar-refractivity contribution is 0.104. The van der Waals surface area contributed by atoms with Gasteiger partial charge in [0, 0.05) is 31.0 Å². The van der Waals surface area contributed by atoms with Crippen LogP contribution in [0.4, 0.5) is 0 Å². The molecule has 0 aromatic carbocycles. The van der Waals surface area contributed by atoms with E-state index in [1.165, 1.54) is 18.5 Å². The quantitative estimate of drug-likeness (QED) is 0.839. The zero-order valence-corrected chi connectivity index (χ0v) is 10.9. The Morgan fingerprint density at radius 2 is 2.18 bits per heavy atom. The van der Waals surface area contributed by atoms with Crippen LogP contribution < -0.4 is 5.32 Å². The second kappa shape index (κ2) is 5.23. The summed E-state index contributed by atoms with van der Waals surface area (Å²) in [7, 11) is 2.06. The minimum atomic E-state index is -0.0449. The summed E-state index contributed by atoms with van der Waals surface area (Å²) in [6.07, 6.45) is 6.69. The number of rotatable bonds is 4. The van der Waals surface area contributed by atoms with Crippen LogP contribution in [0, 0.1) is 5.92 Å². The fraction of sp³-hybridized carbons (Fsp3) is 0.714. The third-order valence-electron chi connectivity index (χ3n) is 4.23. The van der Waals surface area contributed by atoms with E-state index in [1.54, 1.807) is 0 Å².